The van der Waals surface area contributed by atoms with Crippen molar-refractivity contribution in [1.82, 2.24) is 9.78 Å². The number of carboxylic acids is 1. The molecule has 0 spiro atoms. The van der Waals surface area contributed by atoms with Gasteiger partial charge in [0.2, 0.25) is 11.6 Å². The normalized spacial score (nSPS) is 12.3. The molecule has 0 bridgehead atoms. The summed E-state index contributed by atoms with van der Waals surface area (Å²) in [5.41, 5.74) is -4.25. The number of azo groups is 4. The van der Waals surface area contributed by atoms with Crippen molar-refractivity contribution in [2.45, 2.75) is 21.6 Å². The molecule has 6 aromatic carbocycles. The Morgan fingerprint density at radius 1 is 0.518 bits per heavy atom. The van der Waals surface area contributed by atoms with E-state index in [0.29, 0.717) is 10.2 Å². The molecule has 10 N–H and O–H groups in total. The van der Waals surface area contributed by atoms with Crippen LogP contribution in [0.1, 0.15) is 16.1 Å². The van der Waals surface area contributed by atoms with Crippen LogP contribution in [-0.2, 0) is 30.4 Å². The van der Waals surface area contributed by atoms with E-state index in [-0.39, 0.29) is 92.5 Å². The summed E-state index contributed by atoms with van der Waals surface area (Å²) < 4.78 is 133. The van der Waals surface area contributed by atoms with Crippen molar-refractivity contribution in [3.63, 3.8) is 0 Å². The highest BCUT2D eigenvalue weighted by molar-refractivity contribution is 7.86. The number of hydrogen-bond donors (Lipinski definition) is 10. The van der Waals surface area contributed by atoms with Crippen LogP contribution in [0.25, 0.3) is 16.5 Å². The lowest BCUT2D eigenvalue weighted by atomic mass is 10.1. The average molecular weight is 1210 g/mol. The van der Waals surface area contributed by atoms with Gasteiger partial charge >= 0.3 is 5.97 Å². The molecule has 0 aliphatic carbocycles. The van der Waals surface area contributed by atoms with Crippen LogP contribution in [0.4, 0.5) is 45.5 Å². The van der Waals surface area contributed by atoms with E-state index in [1.54, 1.807) is 6.92 Å². The lowest BCUT2D eigenvalue weighted by molar-refractivity contribution is 0.0690. The first-order valence-electron chi connectivity index (χ1n) is 23.5. The van der Waals surface area contributed by atoms with Gasteiger partial charge in [0, 0.05) is 41.1 Å². The largest absolute Gasteiger partial charge is 0.505 e. The zero-order chi connectivity index (χ0) is 60.4. The van der Waals surface area contributed by atoms with Crippen LogP contribution in [0.5, 0.6) is 40.4 Å². The third-order valence-electron chi connectivity index (χ3n) is 11.0. The second kappa shape index (κ2) is 26.2. The molecule has 0 saturated carbocycles. The Hall–Kier alpha value is -9.17. The molecule has 7 rings (SSSR count). The van der Waals surface area contributed by atoms with E-state index < -0.39 is 119 Å². The molecule has 83 heavy (non-hydrogen) atoms. The number of hydrogen-bond acceptors (Lipinski definition) is 27. The summed E-state index contributed by atoms with van der Waals surface area (Å²) in [4.78, 5) is 10.3. The van der Waals surface area contributed by atoms with Gasteiger partial charge in [-0.3, -0.25) is 13.7 Å². The van der Waals surface area contributed by atoms with Gasteiger partial charge in [-0.2, -0.15) is 35.0 Å². The summed E-state index contributed by atoms with van der Waals surface area (Å²) in [6.07, 6.45) is 0. The minimum atomic E-state index is -5.41. The van der Waals surface area contributed by atoms with E-state index >= 15 is 0 Å². The summed E-state index contributed by atoms with van der Waals surface area (Å²) >= 11 is 0. The highest BCUT2D eigenvalue weighted by atomic mass is 32.2. The summed E-state index contributed by atoms with van der Waals surface area (Å²) in [5, 5.41) is 107. The molecule has 0 radical (unpaired) electrons. The fourth-order valence-corrected chi connectivity index (χ4v) is 9.35. The summed E-state index contributed by atoms with van der Waals surface area (Å²) in [5.74, 6) is -4.72. The van der Waals surface area contributed by atoms with E-state index in [4.69, 9.17) is 23.7 Å². The fraction of sp³-hybridized carbons (Fsp3) is 0.208. The number of methoxy groups -OCH3 is 1. The first-order chi connectivity index (χ1) is 39.4. The zero-order valence-electron chi connectivity index (χ0n) is 42.8. The lowest BCUT2D eigenvalue weighted by Crippen LogP contribution is -2.04. The van der Waals surface area contributed by atoms with E-state index in [1.165, 1.54) is 49.6 Å². The molecule has 0 fully saturated rings. The molecular formula is C48H46N10O22S3. The molecule has 438 valence electrons. The summed E-state index contributed by atoms with van der Waals surface area (Å²) in [6.45, 7) is -2.16. The van der Waals surface area contributed by atoms with Gasteiger partial charge in [-0.25, -0.2) is 4.79 Å². The number of carboxylic acid groups (broad SMARTS) is 1. The Morgan fingerprint density at radius 2 is 0.940 bits per heavy atom. The van der Waals surface area contributed by atoms with Crippen LogP contribution in [0.2, 0.25) is 0 Å². The lowest BCUT2D eigenvalue weighted by Gasteiger charge is -2.14. The second-order valence-electron chi connectivity index (χ2n) is 16.6. The van der Waals surface area contributed by atoms with Gasteiger partial charge < -0.3 is 59.4 Å². The number of aliphatic hydroxyl groups is 4. The van der Waals surface area contributed by atoms with Crippen molar-refractivity contribution in [3.8, 4) is 46.1 Å². The van der Waals surface area contributed by atoms with Crippen molar-refractivity contribution in [2.24, 2.45) is 40.9 Å². The standard InChI is InChI=1S/C48H46N10O22S3/c1-25-6-8-29(40(18-25)81(67,68)69)49-51-31-21-38(79-16-12-61)33(23-36(31)77-14-10-59)53-55-43-42(83(73,74)75)20-28-27(46(43)63)4-3-5-35(28)58-47(64)44(45(57-58)48(65)66)56-54-34-24-37(78-15-11-60)32(22-39(34)80-17-13-62)52-50-30-9-7-26(76-2)19-41(30)82(70,71)72/h3-9,18-24,59-64H,10-17H2,1-2H3,(H,65,66)(H,67,68,69)(H,70,71,72)(H,73,74,75). The van der Waals surface area contributed by atoms with Crippen molar-refractivity contribution in [1.29, 1.82) is 0 Å². The molecule has 32 nitrogen and oxygen atoms in total. The number of benzene rings is 6. The number of nitrogens with zero attached hydrogens (tertiary/aromatic N) is 10. The van der Waals surface area contributed by atoms with E-state index in [1.807, 2.05) is 0 Å². The smallest absolute Gasteiger partial charge is 0.358 e. The van der Waals surface area contributed by atoms with E-state index in [0.717, 1.165) is 42.5 Å². The molecule has 0 aliphatic rings. The minimum absolute atomic E-state index is 0.0508. The van der Waals surface area contributed by atoms with Crippen LogP contribution in [0, 0.1) is 6.92 Å². The maximum Gasteiger partial charge on any atom is 0.358 e. The number of carbonyl (C=O) groups is 1. The summed E-state index contributed by atoms with van der Waals surface area (Å²) in [7, 11) is -13.8. The predicted molar refractivity (Wildman–Crippen MR) is 285 cm³/mol. The number of fused-ring (bicyclic) bond motifs is 1. The van der Waals surface area contributed by atoms with Crippen LogP contribution in [-0.4, -0.2) is 150 Å². The van der Waals surface area contributed by atoms with Crippen LogP contribution in [0.3, 0.4) is 0 Å². The molecule has 0 unspecified atom stereocenters. The molecule has 0 atom stereocenters. The number of phenolic OH excluding ortho intramolecular Hbond substituents is 1. The third kappa shape index (κ3) is 14.5. The van der Waals surface area contributed by atoms with Gasteiger partial charge in [-0.1, -0.05) is 18.2 Å². The number of aryl methyl sites for hydroxylation is 1. The maximum absolute atomic E-state index is 13.1. The molecule has 7 aromatic rings. The zero-order valence-corrected chi connectivity index (χ0v) is 45.3. The average Bonchev–Trinajstić information content (AvgIpc) is 3.88. The van der Waals surface area contributed by atoms with Gasteiger partial charge in [0.1, 0.15) is 110 Å². The van der Waals surface area contributed by atoms with Crippen molar-refractivity contribution in [2.75, 3.05) is 60.0 Å². The molecule has 0 aliphatic heterocycles. The molecular weight excluding hydrogens is 1160 g/mol. The first kappa shape index (κ1) is 61.4. The van der Waals surface area contributed by atoms with Gasteiger partial charge in [-0.05, 0) is 48.9 Å². The number of aromatic nitrogens is 2. The first-order valence-corrected chi connectivity index (χ1v) is 27.8. The van der Waals surface area contributed by atoms with Gasteiger partial charge in [-0.15, -0.1) is 40.9 Å². The van der Waals surface area contributed by atoms with Crippen molar-refractivity contribution >= 4 is 92.6 Å². The summed E-state index contributed by atoms with van der Waals surface area (Å²) in [6, 6.07) is 16.3. The quantitative estimate of drug-likeness (QED) is 0.0187. The SMILES string of the molecule is COc1ccc(N=Nc2cc(OCCO)c(N=Nc3c(C(=O)O)nn(-c4cccc5c(O)c(N=Nc6cc(OCCO)c(N=Nc7ccc(C)cc7S(=O)(=O)O)cc6OCCO)c(S(=O)(=O)O)cc45)c3O)cc2OCCO)c(S(=O)(=O)O)c1. The van der Waals surface area contributed by atoms with Crippen LogP contribution < -0.4 is 23.7 Å². The molecule has 35 heteroatoms. The Labute approximate surface area is 468 Å². The Bertz CT molecular complexity index is 4100. The fourth-order valence-electron chi connectivity index (χ4n) is 7.36. The highest BCUT2D eigenvalue weighted by Gasteiger charge is 2.29. The van der Waals surface area contributed by atoms with E-state index in [9.17, 15) is 79.5 Å². The van der Waals surface area contributed by atoms with E-state index in [2.05, 4.69) is 46.0 Å². The van der Waals surface area contributed by atoms with Crippen LogP contribution in [0.15, 0.2) is 141 Å². The van der Waals surface area contributed by atoms with Gasteiger partial charge in [0.05, 0.1) is 39.2 Å². The topological polar surface area (TPSA) is 485 Å². The number of aromatic carboxylic acids is 1. The number of aromatic hydroxyl groups is 2. The number of ether oxygens (including phenoxy) is 5. The monoisotopic (exact) mass is 1210 g/mol. The molecule has 1 heterocycles. The maximum atomic E-state index is 13.1. The van der Waals surface area contributed by atoms with Crippen molar-refractivity contribution < 1.29 is 103 Å². The van der Waals surface area contributed by atoms with Crippen molar-refractivity contribution in [3.05, 3.63) is 96.2 Å². The van der Waals surface area contributed by atoms with Gasteiger partial charge in [0.15, 0.2) is 11.4 Å². The van der Waals surface area contributed by atoms with Gasteiger partial charge in [0.25, 0.3) is 30.4 Å². The number of phenols is 1. The molecule has 1 aromatic heterocycles. The number of aliphatic hydroxyl groups excluding tert-OH is 4. The highest BCUT2D eigenvalue weighted by Crippen LogP contribution is 2.48. The molecule has 0 saturated heterocycles. The molecule has 0 amide bonds. The Balaban J connectivity index is 1.32. The Kier molecular flexibility index (Phi) is 19.4. The number of rotatable bonds is 26. The Morgan fingerprint density at radius 3 is 1.37 bits per heavy atom. The minimum Gasteiger partial charge on any atom is -0.505 e. The second-order valence-corrected chi connectivity index (χ2v) is 20.7. The predicted octanol–water partition coefficient (Wildman–Crippen LogP) is 7.34. The third-order valence-corrected chi connectivity index (χ3v) is 13.6. The van der Waals surface area contributed by atoms with Crippen LogP contribution >= 0.6 is 0 Å².